The number of pyridine rings is 1. The van der Waals surface area contributed by atoms with Crippen molar-refractivity contribution >= 4 is 11.8 Å². The van der Waals surface area contributed by atoms with Crippen molar-refractivity contribution in [2.24, 2.45) is 7.05 Å². The monoisotopic (exact) mass is 302 g/mol. The van der Waals surface area contributed by atoms with Gasteiger partial charge in [0, 0.05) is 54.6 Å². The predicted octanol–water partition coefficient (Wildman–Crippen LogP) is 2.86. The van der Waals surface area contributed by atoms with Gasteiger partial charge in [0.05, 0.1) is 5.69 Å². The van der Waals surface area contributed by atoms with Crippen LogP contribution >= 0.6 is 11.8 Å². The molecular formula is C16H22N4S. The Morgan fingerprint density at radius 3 is 2.86 bits per heavy atom. The number of aryl methyl sites for hydroxylation is 1. The first-order chi connectivity index (χ1) is 10.3. The highest BCUT2D eigenvalue weighted by atomic mass is 32.2. The summed E-state index contributed by atoms with van der Waals surface area (Å²) < 4.78 is 1.89. The molecule has 0 radical (unpaired) electrons. The van der Waals surface area contributed by atoms with E-state index in [1.165, 1.54) is 24.8 Å². The third-order valence-corrected chi connectivity index (χ3v) is 5.25. The SMILES string of the molecule is CS[C@H]1CC[C@H](NCc2cn(C)nc2-c2ccncc2)C1. The first-order valence-electron chi connectivity index (χ1n) is 7.45. The molecule has 2 aromatic heterocycles. The fraction of sp³-hybridized carbons (Fsp3) is 0.500. The summed E-state index contributed by atoms with van der Waals surface area (Å²) in [5.41, 5.74) is 3.46. The Bertz CT molecular complexity index is 581. The van der Waals surface area contributed by atoms with Crippen LogP contribution in [0.1, 0.15) is 24.8 Å². The molecule has 1 fully saturated rings. The van der Waals surface area contributed by atoms with Gasteiger partial charge in [0.25, 0.3) is 0 Å². The summed E-state index contributed by atoms with van der Waals surface area (Å²) in [6.45, 7) is 0.886. The highest BCUT2D eigenvalue weighted by molar-refractivity contribution is 7.99. The quantitative estimate of drug-likeness (QED) is 0.922. The Hall–Kier alpha value is -1.33. The average molecular weight is 302 g/mol. The fourth-order valence-corrected chi connectivity index (χ4v) is 3.81. The van der Waals surface area contributed by atoms with Crippen molar-refractivity contribution < 1.29 is 0 Å². The average Bonchev–Trinajstić information content (AvgIpc) is 3.12. The molecule has 0 spiro atoms. The number of nitrogens with zero attached hydrogens (tertiary/aromatic N) is 3. The van der Waals surface area contributed by atoms with Crippen LogP contribution in [-0.4, -0.2) is 32.3 Å². The fourth-order valence-electron chi connectivity index (χ4n) is 3.01. The molecule has 1 saturated carbocycles. The van der Waals surface area contributed by atoms with E-state index in [9.17, 15) is 0 Å². The van der Waals surface area contributed by atoms with Crippen molar-refractivity contribution in [3.63, 3.8) is 0 Å². The minimum atomic E-state index is 0.646. The Kier molecular flexibility index (Phi) is 4.60. The number of hydrogen-bond acceptors (Lipinski definition) is 4. The third-order valence-electron chi connectivity index (χ3n) is 4.16. The summed E-state index contributed by atoms with van der Waals surface area (Å²) in [6, 6.07) is 4.68. The van der Waals surface area contributed by atoms with Crippen molar-refractivity contribution in [2.75, 3.05) is 6.26 Å². The lowest BCUT2D eigenvalue weighted by molar-refractivity contribution is 0.525. The smallest absolute Gasteiger partial charge is 0.0969 e. The van der Waals surface area contributed by atoms with Gasteiger partial charge in [0.15, 0.2) is 0 Å². The standard InChI is InChI=1S/C16H22N4S/c1-20-11-13(10-18-14-3-4-15(9-14)21-2)16(19-20)12-5-7-17-8-6-12/h5-8,11,14-15,18H,3-4,9-10H2,1-2H3/t14-,15-/m0/s1. The van der Waals surface area contributed by atoms with Gasteiger partial charge in [0.2, 0.25) is 0 Å². The zero-order valence-electron chi connectivity index (χ0n) is 12.6. The minimum absolute atomic E-state index is 0.646. The summed E-state index contributed by atoms with van der Waals surface area (Å²) in [4.78, 5) is 4.08. The molecule has 2 atom stereocenters. The van der Waals surface area contributed by atoms with Crippen molar-refractivity contribution in [3.8, 4) is 11.3 Å². The molecule has 0 saturated heterocycles. The summed E-state index contributed by atoms with van der Waals surface area (Å²) in [5.74, 6) is 0. The highest BCUT2D eigenvalue weighted by Gasteiger charge is 2.23. The molecule has 2 heterocycles. The lowest BCUT2D eigenvalue weighted by Gasteiger charge is -2.12. The van der Waals surface area contributed by atoms with E-state index in [4.69, 9.17) is 0 Å². The molecule has 0 aromatic carbocycles. The molecule has 112 valence electrons. The van der Waals surface area contributed by atoms with E-state index in [0.717, 1.165) is 23.1 Å². The topological polar surface area (TPSA) is 42.7 Å². The lowest BCUT2D eigenvalue weighted by atomic mass is 10.1. The Balaban J connectivity index is 1.69. The highest BCUT2D eigenvalue weighted by Crippen LogP contribution is 2.29. The van der Waals surface area contributed by atoms with Gasteiger partial charge in [0.1, 0.15) is 0 Å². The van der Waals surface area contributed by atoms with Crippen LogP contribution in [0, 0.1) is 0 Å². The van der Waals surface area contributed by atoms with Gasteiger partial charge >= 0.3 is 0 Å². The number of thioether (sulfide) groups is 1. The number of rotatable bonds is 5. The first kappa shape index (κ1) is 14.6. The van der Waals surface area contributed by atoms with Gasteiger partial charge < -0.3 is 5.32 Å². The second-order valence-electron chi connectivity index (χ2n) is 5.66. The van der Waals surface area contributed by atoms with Gasteiger partial charge in [-0.1, -0.05) is 0 Å². The van der Waals surface area contributed by atoms with Crippen LogP contribution in [0.2, 0.25) is 0 Å². The van der Waals surface area contributed by atoms with Gasteiger partial charge in [-0.05, 0) is 37.7 Å². The molecule has 3 rings (SSSR count). The van der Waals surface area contributed by atoms with Crippen molar-refractivity contribution in [1.82, 2.24) is 20.1 Å². The van der Waals surface area contributed by atoms with E-state index in [2.05, 4.69) is 27.9 Å². The first-order valence-corrected chi connectivity index (χ1v) is 8.74. The van der Waals surface area contributed by atoms with E-state index >= 15 is 0 Å². The van der Waals surface area contributed by atoms with Crippen molar-refractivity contribution in [3.05, 3.63) is 36.3 Å². The summed E-state index contributed by atoms with van der Waals surface area (Å²) >= 11 is 2.00. The van der Waals surface area contributed by atoms with Crippen LogP contribution in [-0.2, 0) is 13.6 Å². The molecule has 5 heteroatoms. The molecule has 0 unspecified atom stereocenters. The maximum Gasteiger partial charge on any atom is 0.0969 e. The van der Waals surface area contributed by atoms with E-state index in [1.807, 2.05) is 48.0 Å². The zero-order valence-corrected chi connectivity index (χ0v) is 13.4. The molecule has 1 aliphatic rings. The lowest BCUT2D eigenvalue weighted by Crippen LogP contribution is -2.26. The second kappa shape index (κ2) is 6.62. The van der Waals surface area contributed by atoms with Crippen LogP contribution in [0.3, 0.4) is 0 Å². The Labute approximate surface area is 130 Å². The molecule has 0 aliphatic heterocycles. The van der Waals surface area contributed by atoms with Crippen LogP contribution in [0.4, 0.5) is 0 Å². The van der Waals surface area contributed by atoms with Crippen LogP contribution in [0.5, 0.6) is 0 Å². The third kappa shape index (κ3) is 3.47. The van der Waals surface area contributed by atoms with E-state index < -0.39 is 0 Å². The van der Waals surface area contributed by atoms with Gasteiger partial charge in [-0.25, -0.2) is 0 Å². The molecule has 0 bridgehead atoms. The normalized spacial score (nSPS) is 21.8. The largest absolute Gasteiger partial charge is 0.310 e. The van der Waals surface area contributed by atoms with Crippen molar-refractivity contribution in [1.29, 1.82) is 0 Å². The van der Waals surface area contributed by atoms with Crippen molar-refractivity contribution in [2.45, 2.75) is 37.1 Å². The van der Waals surface area contributed by atoms with E-state index in [-0.39, 0.29) is 0 Å². The maximum atomic E-state index is 4.60. The summed E-state index contributed by atoms with van der Waals surface area (Å²) in [5, 5.41) is 9.14. The molecule has 0 amide bonds. The number of aromatic nitrogens is 3. The van der Waals surface area contributed by atoms with Crippen LogP contribution in [0.15, 0.2) is 30.7 Å². The predicted molar refractivity (Wildman–Crippen MR) is 88.2 cm³/mol. The molecule has 1 aliphatic carbocycles. The minimum Gasteiger partial charge on any atom is -0.310 e. The molecule has 2 aromatic rings. The van der Waals surface area contributed by atoms with Gasteiger partial charge in [-0.2, -0.15) is 16.9 Å². The second-order valence-corrected chi connectivity index (χ2v) is 6.80. The van der Waals surface area contributed by atoms with Crippen LogP contribution < -0.4 is 5.32 Å². The number of hydrogen-bond donors (Lipinski definition) is 1. The van der Waals surface area contributed by atoms with E-state index in [0.29, 0.717) is 6.04 Å². The maximum absolute atomic E-state index is 4.60. The molecule has 4 nitrogen and oxygen atoms in total. The number of nitrogens with one attached hydrogen (secondary N) is 1. The summed E-state index contributed by atoms with van der Waals surface area (Å²) in [6.07, 6.45) is 11.9. The zero-order chi connectivity index (χ0) is 14.7. The van der Waals surface area contributed by atoms with E-state index in [1.54, 1.807) is 0 Å². The molecule has 21 heavy (non-hydrogen) atoms. The Morgan fingerprint density at radius 1 is 1.33 bits per heavy atom. The summed E-state index contributed by atoms with van der Waals surface area (Å²) in [7, 11) is 1.98. The van der Waals surface area contributed by atoms with Gasteiger partial charge in [-0.15, -0.1) is 0 Å². The Morgan fingerprint density at radius 2 is 2.14 bits per heavy atom. The molecular weight excluding hydrogens is 280 g/mol. The van der Waals surface area contributed by atoms with Gasteiger partial charge in [-0.3, -0.25) is 9.67 Å². The molecule has 1 N–H and O–H groups in total. The van der Waals surface area contributed by atoms with Crippen LogP contribution in [0.25, 0.3) is 11.3 Å².